The molecule has 0 spiro atoms. The Morgan fingerprint density at radius 2 is 1.88 bits per heavy atom. The maximum Gasteiger partial charge on any atom is -0.00715 e. The molecular weight excluding hydrogens is 218 g/mol. The second-order valence-corrected chi connectivity index (χ2v) is 4.71. The van der Waals surface area contributed by atoms with Crippen LogP contribution in [0, 0.1) is 0 Å². The minimum Gasteiger partial charge on any atom is -0.330 e. The molecule has 2 heteroatoms. The minimum atomic E-state index is 0. The summed E-state index contributed by atoms with van der Waals surface area (Å²) in [5, 5.41) is 0. The molecule has 1 aliphatic rings. The van der Waals surface area contributed by atoms with Gasteiger partial charge in [-0.15, -0.1) is 12.4 Å². The maximum absolute atomic E-state index is 5.60. The molecule has 0 radical (unpaired) electrons. The van der Waals surface area contributed by atoms with E-state index in [1.165, 1.54) is 31.2 Å². The SMILES string of the molecule is CC(CCN)c1ccc2c(c1)CCCC2.Cl. The Morgan fingerprint density at radius 1 is 1.19 bits per heavy atom. The van der Waals surface area contributed by atoms with Crippen LogP contribution in [0.15, 0.2) is 18.2 Å². The van der Waals surface area contributed by atoms with Gasteiger partial charge in [0.05, 0.1) is 0 Å². The van der Waals surface area contributed by atoms with Gasteiger partial charge < -0.3 is 5.73 Å². The molecule has 90 valence electrons. The molecule has 2 N–H and O–H groups in total. The quantitative estimate of drug-likeness (QED) is 0.859. The van der Waals surface area contributed by atoms with Crippen molar-refractivity contribution < 1.29 is 0 Å². The number of nitrogens with two attached hydrogens (primary N) is 1. The van der Waals surface area contributed by atoms with Crippen molar-refractivity contribution in [3.05, 3.63) is 34.9 Å². The van der Waals surface area contributed by atoms with E-state index < -0.39 is 0 Å². The largest absolute Gasteiger partial charge is 0.330 e. The fraction of sp³-hybridized carbons (Fsp3) is 0.571. The van der Waals surface area contributed by atoms with Crippen LogP contribution in [0.1, 0.15) is 48.8 Å². The molecule has 0 aliphatic heterocycles. The van der Waals surface area contributed by atoms with Gasteiger partial charge in [0.1, 0.15) is 0 Å². The first kappa shape index (κ1) is 13.5. The van der Waals surface area contributed by atoms with Gasteiger partial charge >= 0.3 is 0 Å². The lowest BCUT2D eigenvalue weighted by atomic mass is 9.87. The smallest absolute Gasteiger partial charge is 0.00715 e. The van der Waals surface area contributed by atoms with E-state index in [-0.39, 0.29) is 12.4 Å². The van der Waals surface area contributed by atoms with E-state index >= 15 is 0 Å². The first-order valence-electron chi connectivity index (χ1n) is 6.13. The molecule has 1 aromatic carbocycles. The second kappa shape index (κ2) is 6.27. The topological polar surface area (TPSA) is 26.0 Å². The molecule has 1 unspecified atom stereocenters. The maximum atomic E-state index is 5.60. The Hall–Kier alpha value is -0.530. The predicted molar refractivity (Wildman–Crippen MR) is 72.4 cm³/mol. The van der Waals surface area contributed by atoms with Gasteiger partial charge in [-0.2, -0.15) is 0 Å². The molecule has 0 fully saturated rings. The van der Waals surface area contributed by atoms with Crippen molar-refractivity contribution >= 4 is 12.4 Å². The number of hydrogen-bond donors (Lipinski definition) is 1. The van der Waals surface area contributed by atoms with E-state index in [0.717, 1.165) is 13.0 Å². The Kier molecular flexibility index (Phi) is 5.30. The lowest BCUT2D eigenvalue weighted by Crippen LogP contribution is -2.07. The Morgan fingerprint density at radius 3 is 2.56 bits per heavy atom. The van der Waals surface area contributed by atoms with Gasteiger partial charge in [-0.1, -0.05) is 25.1 Å². The molecule has 16 heavy (non-hydrogen) atoms. The lowest BCUT2D eigenvalue weighted by molar-refractivity contribution is 0.667. The normalized spacial score (nSPS) is 16.1. The summed E-state index contributed by atoms with van der Waals surface area (Å²) in [5.74, 6) is 0.613. The summed E-state index contributed by atoms with van der Waals surface area (Å²) in [6.45, 7) is 3.07. The first-order valence-corrected chi connectivity index (χ1v) is 6.13. The molecule has 0 bridgehead atoms. The van der Waals surface area contributed by atoms with Crippen LogP contribution in [0.25, 0.3) is 0 Å². The molecular formula is C14H22ClN. The van der Waals surface area contributed by atoms with E-state index in [2.05, 4.69) is 25.1 Å². The van der Waals surface area contributed by atoms with Crippen molar-refractivity contribution in [1.82, 2.24) is 0 Å². The number of hydrogen-bond acceptors (Lipinski definition) is 1. The summed E-state index contributed by atoms with van der Waals surface area (Å²) in [7, 11) is 0. The van der Waals surface area contributed by atoms with E-state index in [4.69, 9.17) is 5.73 Å². The average molecular weight is 240 g/mol. The van der Waals surface area contributed by atoms with Gasteiger partial charge in [0, 0.05) is 0 Å². The Bertz CT molecular complexity index is 336. The zero-order chi connectivity index (χ0) is 10.7. The van der Waals surface area contributed by atoms with Gasteiger partial charge in [0.15, 0.2) is 0 Å². The molecule has 0 heterocycles. The highest BCUT2D eigenvalue weighted by Gasteiger charge is 2.11. The summed E-state index contributed by atoms with van der Waals surface area (Å²) in [4.78, 5) is 0. The van der Waals surface area contributed by atoms with Crippen LogP contribution < -0.4 is 5.73 Å². The molecule has 1 atom stereocenters. The van der Waals surface area contributed by atoms with Crippen molar-refractivity contribution in [3.63, 3.8) is 0 Å². The molecule has 1 aliphatic carbocycles. The average Bonchev–Trinajstić information content (AvgIpc) is 2.29. The van der Waals surface area contributed by atoms with Crippen LogP contribution in [0.5, 0.6) is 0 Å². The van der Waals surface area contributed by atoms with Crippen molar-refractivity contribution in [3.8, 4) is 0 Å². The van der Waals surface area contributed by atoms with E-state index in [1.54, 1.807) is 11.1 Å². The minimum absolute atomic E-state index is 0. The summed E-state index contributed by atoms with van der Waals surface area (Å²) in [5.41, 5.74) is 10.2. The fourth-order valence-electron chi connectivity index (χ4n) is 2.48. The molecule has 0 saturated carbocycles. The van der Waals surface area contributed by atoms with Crippen LogP contribution in [-0.2, 0) is 12.8 Å². The first-order chi connectivity index (χ1) is 7.31. The number of fused-ring (bicyclic) bond motifs is 1. The lowest BCUT2D eigenvalue weighted by Gasteiger charge is -2.18. The molecule has 0 aromatic heterocycles. The summed E-state index contributed by atoms with van der Waals surface area (Å²) >= 11 is 0. The van der Waals surface area contributed by atoms with Crippen molar-refractivity contribution in [1.29, 1.82) is 0 Å². The number of rotatable bonds is 3. The molecule has 1 aromatic rings. The zero-order valence-electron chi connectivity index (χ0n) is 10.0. The zero-order valence-corrected chi connectivity index (χ0v) is 10.9. The Balaban J connectivity index is 0.00000128. The highest BCUT2D eigenvalue weighted by Crippen LogP contribution is 2.26. The number of halogens is 1. The van der Waals surface area contributed by atoms with Gasteiger partial charge in [-0.3, -0.25) is 0 Å². The van der Waals surface area contributed by atoms with Crippen molar-refractivity contribution in [2.45, 2.75) is 44.9 Å². The van der Waals surface area contributed by atoms with E-state index in [0.29, 0.717) is 5.92 Å². The number of benzene rings is 1. The van der Waals surface area contributed by atoms with Crippen LogP contribution in [0.3, 0.4) is 0 Å². The summed E-state index contributed by atoms with van der Waals surface area (Å²) < 4.78 is 0. The van der Waals surface area contributed by atoms with E-state index in [1.807, 2.05) is 0 Å². The molecule has 0 saturated heterocycles. The Labute approximate surface area is 105 Å². The van der Waals surface area contributed by atoms with Crippen LogP contribution >= 0.6 is 12.4 Å². The second-order valence-electron chi connectivity index (χ2n) is 4.71. The standard InChI is InChI=1S/C14H21N.ClH/c1-11(8-9-15)13-7-6-12-4-2-3-5-14(12)10-13;/h6-7,10-11H,2-5,8-9,15H2,1H3;1H. The van der Waals surface area contributed by atoms with Gasteiger partial charge in [0.2, 0.25) is 0 Å². The van der Waals surface area contributed by atoms with Crippen molar-refractivity contribution in [2.75, 3.05) is 6.54 Å². The molecule has 2 rings (SSSR count). The third-order valence-corrected chi connectivity index (χ3v) is 3.54. The van der Waals surface area contributed by atoms with Crippen LogP contribution in [0.2, 0.25) is 0 Å². The third-order valence-electron chi connectivity index (χ3n) is 3.54. The monoisotopic (exact) mass is 239 g/mol. The predicted octanol–water partition coefficient (Wildman–Crippen LogP) is 3.44. The number of aryl methyl sites for hydroxylation is 2. The third kappa shape index (κ3) is 2.99. The fourth-order valence-corrected chi connectivity index (χ4v) is 2.48. The molecule has 0 amide bonds. The van der Waals surface area contributed by atoms with E-state index in [9.17, 15) is 0 Å². The highest BCUT2D eigenvalue weighted by molar-refractivity contribution is 5.85. The highest BCUT2D eigenvalue weighted by atomic mass is 35.5. The summed E-state index contributed by atoms with van der Waals surface area (Å²) in [6, 6.07) is 7.04. The van der Waals surface area contributed by atoms with Gasteiger partial charge in [0.25, 0.3) is 0 Å². The van der Waals surface area contributed by atoms with Crippen LogP contribution in [0.4, 0.5) is 0 Å². The van der Waals surface area contributed by atoms with Crippen LogP contribution in [-0.4, -0.2) is 6.54 Å². The van der Waals surface area contributed by atoms with Crippen molar-refractivity contribution in [2.24, 2.45) is 5.73 Å². The summed E-state index contributed by atoms with van der Waals surface area (Å²) in [6.07, 6.45) is 6.38. The van der Waals surface area contributed by atoms with Gasteiger partial charge in [-0.25, -0.2) is 0 Å². The molecule has 1 nitrogen and oxygen atoms in total. The van der Waals surface area contributed by atoms with Gasteiger partial charge in [-0.05, 0) is 61.3 Å².